The lowest BCUT2D eigenvalue weighted by atomic mass is 10.1. The van der Waals surface area contributed by atoms with E-state index < -0.39 is 0 Å². The van der Waals surface area contributed by atoms with Crippen molar-refractivity contribution in [3.05, 3.63) is 106 Å². The fourth-order valence-corrected chi connectivity index (χ4v) is 2.84. The highest BCUT2D eigenvalue weighted by atomic mass is 16.5. The Morgan fingerprint density at radius 2 is 1.00 bits per heavy atom. The molecule has 0 aliphatic carbocycles. The maximum atomic E-state index is 11.6. The maximum Gasteiger partial charge on any atom is 0.337 e. The van der Waals surface area contributed by atoms with E-state index in [0.717, 1.165) is 22.3 Å². The van der Waals surface area contributed by atoms with Gasteiger partial charge >= 0.3 is 11.9 Å². The summed E-state index contributed by atoms with van der Waals surface area (Å²) in [7, 11) is 2.74. The van der Waals surface area contributed by atoms with Crippen molar-refractivity contribution in [2.45, 2.75) is 0 Å². The second-order valence-corrected chi connectivity index (χ2v) is 6.56. The van der Waals surface area contributed by atoms with Gasteiger partial charge in [0.05, 0.1) is 25.3 Å². The van der Waals surface area contributed by atoms with E-state index in [1.807, 2.05) is 72.8 Å². The van der Waals surface area contributed by atoms with Gasteiger partial charge in [-0.25, -0.2) is 9.59 Å². The van der Waals surface area contributed by atoms with Gasteiger partial charge in [-0.3, -0.25) is 0 Å². The average Bonchev–Trinajstić information content (AvgIpc) is 2.81. The monoisotopic (exact) mass is 398 g/mol. The first-order valence-corrected chi connectivity index (χ1v) is 9.42. The van der Waals surface area contributed by atoms with Crippen LogP contribution in [0.25, 0.3) is 24.3 Å². The molecule has 0 spiro atoms. The highest BCUT2D eigenvalue weighted by Crippen LogP contribution is 2.14. The van der Waals surface area contributed by atoms with Crippen molar-refractivity contribution in [1.29, 1.82) is 0 Å². The molecule has 0 heterocycles. The van der Waals surface area contributed by atoms with E-state index >= 15 is 0 Å². The van der Waals surface area contributed by atoms with Crippen molar-refractivity contribution in [1.82, 2.24) is 0 Å². The van der Waals surface area contributed by atoms with Gasteiger partial charge in [-0.1, -0.05) is 72.8 Å². The third kappa shape index (κ3) is 5.55. The Morgan fingerprint density at radius 3 is 1.50 bits per heavy atom. The number of carbonyl (C=O) groups excluding carboxylic acids is 2. The van der Waals surface area contributed by atoms with E-state index in [9.17, 15) is 9.59 Å². The topological polar surface area (TPSA) is 52.6 Å². The average molecular weight is 398 g/mol. The van der Waals surface area contributed by atoms with Gasteiger partial charge in [0.15, 0.2) is 0 Å². The van der Waals surface area contributed by atoms with Crippen LogP contribution in [0.15, 0.2) is 72.8 Å². The Balaban J connectivity index is 1.65. The largest absolute Gasteiger partial charge is 0.465 e. The number of carbonyl (C=O) groups is 2. The Bertz CT molecular complexity index is 1070. The Labute approximate surface area is 176 Å². The summed E-state index contributed by atoms with van der Waals surface area (Å²) in [6.45, 7) is 0. The lowest BCUT2D eigenvalue weighted by molar-refractivity contribution is 0.0592. The van der Waals surface area contributed by atoms with Crippen LogP contribution >= 0.6 is 0 Å². The first kappa shape index (κ1) is 20.8. The number of ether oxygens (including phenoxy) is 2. The molecule has 0 aliphatic rings. The summed E-state index contributed by atoms with van der Waals surface area (Å²) >= 11 is 0. The van der Waals surface area contributed by atoms with Gasteiger partial charge in [-0.05, 0) is 46.5 Å². The summed E-state index contributed by atoms with van der Waals surface area (Å²) in [6, 6.07) is 22.7. The molecule has 30 heavy (non-hydrogen) atoms. The molecular formula is C26H22O4. The Hall–Kier alpha value is -3.92. The summed E-state index contributed by atoms with van der Waals surface area (Å²) in [4.78, 5) is 23.1. The molecule has 0 aromatic heterocycles. The Morgan fingerprint density at radius 1 is 0.567 bits per heavy atom. The summed E-state index contributed by atoms with van der Waals surface area (Å²) in [5, 5.41) is 0. The van der Waals surface area contributed by atoms with Gasteiger partial charge in [0.2, 0.25) is 0 Å². The molecule has 4 nitrogen and oxygen atoms in total. The molecule has 3 rings (SSSR count). The van der Waals surface area contributed by atoms with Gasteiger partial charge in [0.25, 0.3) is 0 Å². The number of hydrogen-bond acceptors (Lipinski definition) is 4. The molecular weight excluding hydrogens is 376 g/mol. The standard InChI is InChI=1S/C26H22O4/c1-29-25(27)23-16-14-21(15-17-23)11-10-19-6-8-20(9-7-19)12-13-22-4-3-5-24(18-22)26(28)30-2/h3-18H,1-2H3. The number of esters is 2. The van der Waals surface area contributed by atoms with E-state index in [1.165, 1.54) is 14.2 Å². The molecule has 3 aromatic carbocycles. The lowest BCUT2D eigenvalue weighted by Gasteiger charge is -2.01. The minimum atomic E-state index is -0.346. The predicted octanol–water partition coefficient (Wildman–Crippen LogP) is 5.60. The van der Waals surface area contributed by atoms with E-state index in [1.54, 1.807) is 24.3 Å². The smallest absolute Gasteiger partial charge is 0.337 e. The number of benzene rings is 3. The van der Waals surface area contributed by atoms with Crippen molar-refractivity contribution < 1.29 is 19.1 Å². The van der Waals surface area contributed by atoms with Gasteiger partial charge in [0, 0.05) is 0 Å². The second-order valence-electron chi connectivity index (χ2n) is 6.56. The molecule has 0 bridgehead atoms. The molecule has 4 heteroatoms. The predicted molar refractivity (Wildman–Crippen MR) is 120 cm³/mol. The third-order valence-electron chi connectivity index (χ3n) is 4.51. The van der Waals surface area contributed by atoms with Crippen molar-refractivity contribution in [2.24, 2.45) is 0 Å². The van der Waals surface area contributed by atoms with Crippen LogP contribution in [0.3, 0.4) is 0 Å². The number of hydrogen-bond donors (Lipinski definition) is 0. The summed E-state index contributed by atoms with van der Waals surface area (Å²) < 4.78 is 9.46. The first-order chi connectivity index (χ1) is 14.6. The zero-order chi connectivity index (χ0) is 21.3. The van der Waals surface area contributed by atoms with E-state index in [-0.39, 0.29) is 11.9 Å². The molecule has 0 saturated carbocycles. The van der Waals surface area contributed by atoms with E-state index in [4.69, 9.17) is 9.47 Å². The van der Waals surface area contributed by atoms with Crippen LogP contribution in [-0.2, 0) is 9.47 Å². The van der Waals surface area contributed by atoms with Crippen LogP contribution in [-0.4, -0.2) is 26.2 Å². The number of methoxy groups -OCH3 is 2. The zero-order valence-corrected chi connectivity index (χ0v) is 16.9. The minimum absolute atomic E-state index is 0.341. The van der Waals surface area contributed by atoms with E-state index in [2.05, 4.69) is 0 Å². The van der Waals surface area contributed by atoms with E-state index in [0.29, 0.717) is 11.1 Å². The number of rotatable bonds is 6. The molecule has 0 amide bonds. The van der Waals surface area contributed by atoms with Crippen molar-refractivity contribution in [2.75, 3.05) is 14.2 Å². The SMILES string of the molecule is COC(=O)c1ccc(C=Cc2ccc(C=Cc3cccc(C(=O)OC)c3)cc2)cc1. The van der Waals surface area contributed by atoms with Crippen molar-refractivity contribution in [3.8, 4) is 0 Å². The molecule has 0 radical (unpaired) electrons. The summed E-state index contributed by atoms with van der Waals surface area (Å²) in [5.74, 6) is -0.687. The second kappa shape index (κ2) is 10.0. The van der Waals surface area contributed by atoms with Gasteiger partial charge in [-0.15, -0.1) is 0 Å². The molecule has 0 aliphatic heterocycles. The molecule has 0 fully saturated rings. The molecule has 0 atom stereocenters. The first-order valence-electron chi connectivity index (χ1n) is 9.42. The molecule has 0 saturated heterocycles. The van der Waals surface area contributed by atoms with Crippen LogP contribution in [0.2, 0.25) is 0 Å². The van der Waals surface area contributed by atoms with Crippen LogP contribution in [0.1, 0.15) is 43.0 Å². The van der Waals surface area contributed by atoms with Crippen molar-refractivity contribution in [3.63, 3.8) is 0 Å². The van der Waals surface area contributed by atoms with Crippen LogP contribution in [0, 0.1) is 0 Å². The lowest BCUT2D eigenvalue weighted by Crippen LogP contribution is -2.00. The minimum Gasteiger partial charge on any atom is -0.465 e. The van der Waals surface area contributed by atoms with Gasteiger partial charge in [-0.2, -0.15) is 0 Å². The Kier molecular flexibility index (Phi) is 6.95. The van der Waals surface area contributed by atoms with Crippen LogP contribution in [0.4, 0.5) is 0 Å². The summed E-state index contributed by atoms with van der Waals surface area (Å²) in [5.41, 5.74) is 5.10. The van der Waals surface area contributed by atoms with Gasteiger partial charge < -0.3 is 9.47 Å². The normalized spacial score (nSPS) is 11.0. The quantitative estimate of drug-likeness (QED) is 0.401. The zero-order valence-electron chi connectivity index (χ0n) is 16.9. The van der Waals surface area contributed by atoms with Crippen LogP contribution in [0.5, 0.6) is 0 Å². The molecule has 150 valence electrons. The molecule has 0 N–H and O–H groups in total. The molecule has 0 unspecified atom stereocenters. The highest BCUT2D eigenvalue weighted by molar-refractivity contribution is 5.90. The fraction of sp³-hybridized carbons (Fsp3) is 0.0769. The third-order valence-corrected chi connectivity index (χ3v) is 4.51. The van der Waals surface area contributed by atoms with Crippen LogP contribution < -0.4 is 0 Å². The maximum absolute atomic E-state index is 11.6. The summed E-state index contributed by atoms with van der Waals surface area (Å²) in [6.07, 6.45) is 7.96. The highest BCUT2D eigenvalue weighted by Gasteiger charge is 2.04. The molecule has 3 aromatic rings. The fourth-order valence-electron chi connectivity index (χ4n) is 2.84. The van der Waals surface area contributed by atoms with Gasteiger partial charge in [0.1, 0.15) is 0 Å². The van der Waals surface area contributed by atoms with Crippen molar-refractivity contribution >= 4 is 36.2 Å².